The molecule has 0 aliphatic heterocycles. The molecule has 4 bridgehead atoms. The molecular weight excluding hydrogens is 386 g/mol. The Labute approximate surface area is 137 Å². The number of alkyl carbamates (subject to hydrolysis) is 1. The Bertz CT molecular complexity index is 396. The van der Waals surface area contributed by atoms with Gasteiger partial charge >= 0.3 is 6.09 Å². The summed E-state index contributed by atoms with van der Waals surface area (Å²) in [5.41, 5.74) is -0.427. The number of ether oxygens (including phenoxy) is 1. The lowest BCUT2D eigenvalue weighted by atomic mass is 9.54. The van der Waals surface area contributed by atoms with E-state index in [9.17, 15) is 4.79 Å². The molecule has 4 saturated carbocycles. The van der Waals surface area contributed by atoms with E-state index < -0.39 is 5.60 Å². The van der Waals surface area contributed by atoms with Crippen LogP contribution in [0.2, 0.25) is 0 Å². The summed E-state index contributed by atoms with van der Waals surface area (Å²) >= 11 is 7.92. The first-order valence-electron chi connectivity index (χ1n) is 7.45. The van der Waals surface area contributed by atoms with Crippen LogP contribution in [0.5, 0.6) is 0 Å². The number of alkyl halides is 2. The molecule has 0 heterocycles. The van der Waals surface area contributed by atoms with Crippen LogP contribution in [0.4, 0.5) is 4.79 Å². The van der Waals surface area contributed by atoms with Crippen molar-refractivity contribution in [2.75, 3.05) is 0 Å². The predicted molar refractivity (Wildman–Crippen MR) is 86.5 cm³/mol. The van der Waals surface area contributed by atoms with Gasteiger partial charge in [-0.05, 0) is 64.7 Å². The van der Waals surface area contributed by atoms with Gasteiger partial charge in [-0.25, -0.2) is 4.79 Å². The van der Waals surface area contributed by atoms with Crippen molar-refractivity contribution < 1.29 is 9.53 Å². The molecule has 0 atom stereocenters. The normalized spacial score (nSPS) is 46.4. The molecule has 3 nitrogen and oxygen atoms in total. The monoisotopic (exact) mass is 407 g/mol. The zero-order valence-corrected chi connectivity index (χ0v) is 15.5. The summed E-state index contributed by atoms with van der Waals surface area (Å²) in [4.78, 5) is 12.1. The topological polar surface area (TPSA) is 38.3 Å². The second kappa shape index (κ2) is 4.61. The van der Waals surface area contributed by atoms with Crippen molar-refractivity contribution in [1.82, 2.24) is 5.32 Å². The average Bonchev–Trinajstić information content (AvgIpc) is 2.16. The van der Waals surface area contributed by atoms with E-state index >= 15 is 0 Å². The molecule has 4 aliphatic carbocycles. The highest BCUT2D eigenvalue weighted by molar-refractivity contribution is 9.10. The van der Waals surface area contributed by atoms with E-state index in [4.69, 9.17) is 4.74 Å². The molecule has 0 aromatic carbocycles. The van der Waals surface area contributed by atoms with Gasteiger partial charge in [-0.3, -0.25) is 0 Å². The molecule has 5 heteroatoms. The van der Waals surface area contributed by atoms with Gasteiger partial charge in [0.05, 0.1) is 0 Å². The number of carbonyl (C=O) groups is 1. The quantitative estimate of drug-likeness (QED) is 0.654. The third kappa shape index (κ3) is 2.90. The minimum atomic E-state index is -0.427. The molecule has 0 aromatic rings. The molecule has 0 radical (unpaired) electrons. The number of hydrogen-bond acceptors (Lipinski definition) is 2. The molecule has 0 aromatic heterocycles. The predicted octanol–water partition coefficient (Wildman–Crippen LogP) is 4.37. The summed E-state index contributed by atoms with van der Waals surface area (Å²) in [5.74, 6) is 1.12. The molecule has 4 rings (SSSR count). The molecule has 0 unspecified atom stereocenters. The Morgan fingerprint density at radius 3 is 1.95 bits per heavy atom. The van der Waals surface area contributed by atoms with Gasteiger partial charge in [0.2, 0.25) is 0 Å². The first-order chi connectivity index (χ1) is 9.08. The molecule has 4 aliphatic rings. The van der Waals surface area contributed by atoms with Crippen LogP contribution in [-0.4, -0.2) is 26.4 Å². The minimum absolute atomic E-state index is 0.262. The Morgan fingerprint density at radius 2 is 1.55 bits per heavy atom. The Hall–Kier alpha value is 0.230. The van der Waals surface area contributed by atoms with E-state index in [0.717, 1.165) is 25.7 Å². The summed E-state index contributed by atoms with van der Waals surface area (Å²) < 4.78 is 5.99. The van der Waals surface area contributed by atoms with Crippen molar-refractivity contribution in [3.8, 4) is 0 Å². The zero-order chi connectivity index (χ0) is 14.8. The smallest absolute Gasteiger partial charge is 0.407 e. The number of amides is 1. The molecular formula is C15H23Br2NO2. The summed E-state index contributed by atoms with van der Waals surface area (Å²) in [6.45, 7) is 5.72. The van der Waals surface area contributed by atoms with Crippen molar-refractivity contribution in [3.63, 3.8) is 0 Å². The number of carbonyl (C=O) groups excluding carboxylic acids is 1. The fraction of sp³-hybridized carbons (Fsp3) is 0.933. The molecule has 1 amide bonds. The number of nitrogens with one attached hydrogen (secondary N) is 1. The molecule has 20 heavy (non-hydrogen) atoms. The van der Waals surface area contributed by atoms with Crippen molar-refractivity contribution >= 4 is 38.0 Å². The number of rotatable bonds is 1. The van der Waals surface area contributed by atoms with Crippen LogP contribution in [0.1, 0.15) is 52.9 Å². The van der Waals surface area contributed by atoms with Crippen molar-refractivity contribution in [2.45, 2.75) is 73.2 Å². The van der Waals surface area contributed by atoms with E-state index in [-0.39, 0.29) is 20.8 Å². The Morgan fingerprint density at radius 1 is 1.10 bits per heavy atom. The van der Waals surface area contributed by atoms with Crippen LogP contribution in [-0.2, 0) is 4.74 Å². The zero-order valence-electron chi connectivity index (χ0n) is 12.3. The first-order valence-corrected chi connectivity index (χ1v) is 9.04. The van der Waals surface area contributed by atoms with Gasteiger partial charge < -0.3 is 10.1 Å². The summed E-state index contributed by atoms with van der Waals surface area (Å²) in [7, 11) is 0. The van der Waals surface area contributed by atoms with Crippen molar-refractivity contribution in [2.24, 2.45) is 11.8 Å². The fourth-order valence-corrected chi connectivity index (χ4v) is 7.73. The minimum Gasteiger partial charge on any atom is -0.444 e. The second-order valence-corrected chi connectivity index (χ2v) is 11.4. The molecule has 0 saturated heterocycles. The fourth-order valence-electron chi connectivity index (χ4n) is 4.62. The molecule has 114 valence electrons. The van der Waals surface area contributed by atoms with E-state index in [0.29, 0.717) is 11.8 Å². The van der Waals surface area contributed by atoms with Gasteiger partial charge in [-0.1, -0.05) is 31.9 Å². The largest absolute Gasteiger partial charge is 0.444 e. The van der Waals surface area contributed by atoms with Gasteiger partial charge in [-0.15, -0.1) is 0 Å². The van der Waals surface area contributed by atoms with Gasteiger partial charge in [0, 0.05) is 14.7 Å². The molecule has 0 spiro atoms. The molecule has 4 fully saturated rings. The van der Waals surface area contributed by atoms with E-state index in [1.165, 1.54) is 6.42 Å². The van der Waals surface area contributed by atoms with Gasteiger partial charge in [0.1, 0.15) is 5.60 Å². The third-order valence-corrected chi connectivity index (χ3v) is 6.70. The van der Waals surface area contributed by atoms with E-state index in [2.05, 4.69) is 37.2 Å². The van der Waals surface area contributed by atoms with Crippen LogP contribution in [0.15, 0.2) is 0 Å². The summed E-state index contributed by atoms with van der Waals surface area (Å²) in [6, 6.07) is 0.279. The van der Waals surface area contributed by atoms with E-state index in [1.807, 2.05) is 20.8 Å². The van der Waals surface area contributed by atoms with Crippen LogP contribution >= 0.6 is 31.9 Å². The van der Waals surface area contributed by atoms with Crippen LogP contribution in [0.3, 0.4) is 0 Å². The van der Waals surface area contributed by atoms with Gasteiger partial charge in [-0.2, -0.15) is 0 Å². The maximum Gasteiger partial charge on any atom is 0.407 e. The van der Waals surface area contributed by atoms with Crippen LogP contribution in [0, 0.1) is 11.8 Å². The summed E-state index contributed by atoms with van der Waals surface area (Å²) in [6.07, 6.45) is 5.61. The summed E-state index contributed by atoms with van der Waals surface area (Å²) in [5, 5.41) is 3.15. The Kier molecular flexibility index (Phi) is 3.49. The lowest BCUT2D eigenvalue weighted by Gasteiger charge is -2.61. The second-order valence-electron chi connectivity index (χ2n) is 7.99. The van der Waals surface area contributed by atoms with Gasteiger partial charge in [0.25, 0.3) is 0 Å². The SMILES string of the molecule is CC(C)(C)OC(=O)NC1[C@H]2CC3(Br)CC(Br)(C[C@H]1C3)C2. The highest BCUT2D eigenvalue weighted by Gasteiger charge is 2.60. The lowest BCUT2D eigenvalue weighted by Crippen LogP contribution is -2.64. The maximum absolute atomic E-state index is 12.1. The van der Waals surface area contributed by atoms with Crippen LogP contribution < -0.4 is 5.32 Å². The number of halogens is 2. The highest BCUT2D eigenvalue weighted by atomic mass is 79.9. The number of hydrogen-bond donors (Lipinski definition) is 1. The van der Waals surface area contributed by atoms with Crippen molar-refractivity contribution in [1.29, 1.82) is 0 Å². The van der Waals surface area contributed by atoms with Crippen molar-refractivity contribution in [3.05, 3.63) is 0 Å². The first kappa shape index (κ1) is 15.1. The standard InChI is InChI=1S/C15H23Br2NO2/c1-13(2,3)20-12(19)18-11-9-4-14(16)6-10(11)7-15(17,5-9)8-14/h9-11H,4-8H2,1-3H3,(H,18,19)/t9-,10+,11?,14?,15?. The van der Waals surface area contributed by atoms with E-state index in [1.54, 1.807) is 0 Å². The van der Waals surface area contributed by atoms with Gasteiger partial charge in [0.15, 0.2) is 0 Å². The third-order valence-electron chi connectivity index (χ3n) is 4.84. The maximum atomic E-state index is 12.1. The highest BCUT2D eigenvalue weighted by Crippen LogP contribution is 2.63. The average molecular weight is 409 g/mol. The lowest BCUT2D eigenvalue weighted by molar-refractivity contribution is 0.00753. The Balaban J connectivity index is 1.70. The molecule has 1 N–H and O–H groups in total. The van der Waals surface area contributed by atoms with Crippen LogP contribution in [0.25, 0.3) is 0 Å².